The van der Waals surface area contributed by atoms with Crippen LogP contribution in [0.3, 0.4) is 0 Å². The standard InChI is InChI=1S/C22H18N2O4/c25-23(26)21-15-11-19(12-16-21)9-7-5-3-1-2-4-6-8-10-20-13-17-22(18-14-20)24(27)28/h1-18H. The molecule has 0 aromatic heterocycles. The molecule has 6 nitrogen and oxygen atoms in total. The maximum Gasteiger partial charge on any atom is 0.269 e. The van der Waals surface area contributed by atoms with Gasteiger partial charge < -0.3 is 0 Å². The molecule has 0 saturated heterocycles. The predicted molar refractivity (Wildman–Crippen MR) is 112 cm³/mol. The zero-order valence-corrected chi connectivity index (χ0v) is 14.9. The summed E-state index contributed by atoms with van der Waals surface area (Å²) in [5, 5.41) is 21.2. The summed E-state index contributed by atoms with van der Waals surface area (Å²) in [5.74, 6) is 0. The summed E-state index contributed by atoms with van der Waals surface area (Å²) < 4.78 is 0. The van der Waals surface area contributed by atoms with Crippen LogP contribution in [0.15, 0.2) is 97.1 Å². The lowest BCUT2D eigenvalue weighted by Gasteiger charge is -1.92. The van der Waals surface area contributed by atoms with Gasteiger partial charge in [-0.15, -0.1) is 0 Å². The molecule has 0 N–H and O–H groups in total. The summed E-state index contributed by atoms with van der Waals surface area (Å²) in [5.41, 5.74) is 1.92. The summed E-state index contributed by atoms with van der Waals surface area (Å²) in [7, 11) is 0. The Kier molecular flexibility index (Phi) is 7.83. The van der Waals surface area contributed by atoms with Crippen LogP contribution in [0.25, 0.3) is 12.2 Å². The van der Waals surface area contributed by atoms with Crippen molar-refractivity contribution in [1.82, 2.24) is 0 Å². The Morgan fingerprint density at radius 2 is 0.786 bits per heavy atom. The first-order chi connectivity index (χ1) is 13.6. The van der Waals surface area contributed by atoms with Crippen LogP contribution < -0.4 is 0 Å². The maximum atomic E-state index is 10.6. The summed E-state index contributed by atoms with van der Waals surface area (Å²) in [6.45, 7) is 0. The smallest absolute Gasteiger partial charge is 0.258 e. The van der Waals surface area contributed by atoms with Gasteiger partial charge in [0.25, 0.3) is 11.4 Å². The molecule has 28 heavy (non-hydrogen) atoms. The summed E-state index contributed by atoms with van der Waals surface area (Å²) in [4.78, 5) is 20.3. The minimum absolute atomic E-state index is 0.0741. The molecule has 0 spiro atoms. The number of rotatable bonds is 8. The maximum absolute atomic E-state index is 10.6. The minimum atomic E-state index is -0.424. The number of hydrogen-bond acceptors (Lipinski definition) is 4. The first-order valence-electron chi connectivity index (χ1n) is 8.40. The molecule has 6 heteroatoms. The molecule has 0 saturated carbocycles. The third kappa shape index (κ3) is 7.05. The fraction of sp³-hybridized carbons (Fsp3) is 0. The average Bonchev–Trinajstić information content (AvgIpc) is 2.70. The summed E-state index contributed by atoms with van der Waals surface area (Å²) in [6, 6.07) is 12.7. The Hall–Kier alpha value is -4.06. The van der Waals surface area contributed by atoms with Gasteiger partial charge in [0.1, 0.15) is 0 Å². The molecule has 2 aromatic rings. The molecular weight excluding hydrogens is 356 g/mol. The van der Waals surface area contributed by atoms with E-state index in [1.54, 1.807) is 24.3 Å². The van der Waals surface area contributed by atoms with Gasteiger partial charge in [-0.2, -0.15) is 0 Å². The molecule has 0 amide bonds. The van der Waals surface area contributed by atoms with E-state index in [0.29, 0.717) is 0 Å². The number of nitrogens with zero attached hydrogens (tertiary/aromatic N) is 2. The molecule has 140 valence electrons. The van der Waals surface area contributed by atoms with Gasteiger partial charge in [0.05, 0.1) is 9.85 Å². The Bertz CT molecular complexity index is 872. The molecular formula is C22H18N2O4. The molecule has 0 aliphatic rings. The monoisotopic (exact) mass is 374 g/mol. The topological polar surface area (TPSA) is 86.3 Å². The van der Waals surface area contributed by atoms with Crippen molar-refractivity contribution in [2.75, 3.05) is 0 Å². The molecule has 0 heterocycles. The largest absolute Gasteiger partial charge is 0.269 e. The second-order valence-electron chi connectivity index (χ2n) is 5.57. The van der Waals surface area contributed by atoms with Crippen LogP contribution in [-0.4, -0.2) is 9.85 Å². The number of nitro benzene ring substituents is 2. The van der Waals surface area contributed by atoms with E-state index in [-0.39, 0.29) is 11.4 Å². The highest BCUT2D eigenvalue weighted by atomic mass is 16.6. The van der Waals surface area contributed by atoms with Crippen LogP contribution >= 0.6 is 0 Å². The van der Waals surface area contributed by atoms with Crippen LogP contribution in [0.2, 0.25) is 0 Å². The summed E-state index contributed by atoms with van der Waals surface area (Å²) in [6.07, 6.45) is 18.6. The van der Waals surface area contributed by atoms with E-state index >= 15 is 0 Å². The Morgan fingerprint density at radius 3 is 1.07 bits per heavy atom. The Morgan fingerprint density at radius 1 is 0.500 bits per heavy atom. The van der Waals surface area contributed by atoms with Crippen molar-refractivity contribution in [3.63, 3.8) is 0 Å². The van der Waals surface area contributed by atoms with E-state index in [1.807, 2.05) is 60.8 Å². The van der Waals surface area contributed by atoms with Gasteiger partial charge in [0, 0.05) is 24.3 Å². The quantitative estimate of drug-likeness (QED) is 0.327. The molecule has 0 bridgehead atoms. The fourth-order valence-electron chi connectivity index (χ4n) is 2.13. The van der Waals surface area contributed by atoms with E-state index < -0.39 is 9.85 Å². The van der Waals surface area contributed by atoms with Crippen molar-refractivity contribution in [2.45, 2.75) is 0 Å². The van der Waals surface area contributed by atoms with Crippen molar-refractivity contribution < 1.29 is 9.85 Å². The van der Waals surface area contributed by atoms with E-state index in [1.165, 1.54) is 24.3 Å². The molecule has 0 fully saturated rings. The van der Waals surface area contributed by atoms with Crippen LogP contribution in [-0.2, 0) is 0 Å². The van der Waals surface area contributed by atoms with Crippen LogP contribution in [0.1, 0.15) is 11.1 Å². The van der Waals surface area contributed by atoms with Gasteiger partial charge in [-0.25, -0.2) is 0 Å². The zero-order valence-electron chi connectivity index (χ0n) is 14.9. The van der Waals surface area contributed by atoms with Crippen molar-refractivity contribution in [2.24, 2.45) is 0 Å². The Balaban J connectivity index is 1.76. The van der Waals surface area contributed by atoms with E-state index in [0.717, 1.165) is 11.1 Å². The molecule has 2 aromatic carbocycles. The second kappa shape index (κ2) is 10.8. The van der Waals surface area contributed by atoms with Crippen molar-refractivity contribution in [3.8, 4) is 0 Å². The normalized spacial score (nSPS) is 12.1. The van der Waals surface area contributed by atoms with E-state index in [4.69, 9.17) is 0 Å². The van der Waals surface area contributed by atoms with Crippen LogP contribution in [0.5, 0.6) is 0 Å². The molecule has 0 aliphatic carbocycles. The van der Waals surface area contributed by atoms with Crippen molar-refractivity contribution >= 4 is 23.5 Å². The highest BCUT2D eigenvalue weighted by Crippen LogP contribution is 2.13. The zero-order chi connectivity index (χ0) is 20.2. The van der Waals surface area contributed by atoms with Crippen LogP contribution in [0.4, 0.5) is 11.4 Å². The van der Waals surface area contributed by atoms with Gasteiger partial charge >= 0.3 is 0 Å². The van der Waals surface area contributed by atoms with Gasteiger partial charge in [-0.05, 0) is 35.4 Å². The third-order valence-corrected chi connectivity index (χ3v) is 3.56. The second-order valence-corrected chi connectivity index (χ2v) is 5.57. The molecule has 0 atom stereocenters. The van der Waals surface area contributed by atoms with Gasteiger partial charge in [0.2, 0.25) is 0 Å². The van der Waals surface area contributed by atoms with Gasteiger partial charge in [-0.1, -0.05) is 60.8 Å². The van der Waals surface area contributed by atoms with Gasteiger partial charge in [0.15, 0.2) is 0 Å². The highest BCUT2D eigenvalue weighted by molar-refractivity contribution is 5.54. The SMILES string of the molecule is O=[N+]([O-])c1ccc(C=CC=CC=CC=CC=Cc2ccc([N+](=O)[O-])cc2)cc1. The highest BCUT2D eigenvalue weighted by Gasteiger charge is 2.02. The fourth-order valence-corrected chi connectivity index (χ4v) is 2.13. The molecule has 0 radical (unpaired) electrons. The first-order valence-corrected chi connectivity index (χ1v) is 8.40. The van der Waals surface area contributed by atoms with Crippen LogP contribution in [0, 0.1) is 20.2 Å². The summed E-state index contributed by atoms with van der Waals surface area (Å²) >= 11 is 0. The molecule has 0 aliphatic heterocycles. The molecule has 2 rings (SSSR count). The predicted octanol–water partition coefficient (Wildman–Crippen LogP) is 5.90. The van der Waals surface area contributed by atoms with E-state index in [9.17, 15) is 20.2 Å². The molecule has 0 unspecified atom stereocenters. The number of allylic oxidation sites excluding steroid dienone is 8. The van der Waals surface area contributed by atoms with Gasteiger partial charge in [-0.3, -0.25) is 20.2 Å². The number of hydrogen-bond donors (Lipinski definition) is 0. The lowest BCUT2D eigenvalue weighted by molar-refractivity contribution is -0.385. The lowest BCUT2D eigenvalue weighted by Crippen LogP contribution is -1.86. The van der Waals surface area contributed by atoms with E-state index in [2.05, 4.69) is 0 Å². The average molecular weight is 374 g/mol. The number of nitro groups is 2. The Labute approximate surface area is 162 Å². The van der Waals surface area contributed by atoms with Crippen molar-refractivity contribution in [3.05, 3.63) is 128 Å². The van der Waals surface area contributed by atoms with Crippen molar-refractivity contribution in [1.29, 1.82) is 0 Å². The number of non-ortho nitro benzene ring substituents is 2. The minimum Gasteiger partial charge on any atom is -0.258 e. The number of benzene rings is 2. The lowest BCUT2D eigenvalue weighted by atomic mass is 10.2. The third-order valence-electron chi connectivity index (χ3n) is 3.56. The first kappa shape index (κ1) is 20.3.